The molecule has 0 aliphatic heterocycles. The van der Waals surface area contributed by atoms with Crippen LogP contribution in [0.15, 0.2) is 146 Å². The number of rotatable bonds is 7. The third-order valence-corrected chi connectivity index (χ3v) is 42.1. The summed E-state index contributed by atoms with van der Waals surface area (Å²) in [7, 11) is 0. The summed E-state index contributed by atoms with van der Waals surface area (Å²) in [6.45, 7) is 19.5. The van der Waals surface area contributed by atoms with Gasteiger partial charge in [0.2, 0.25) is 0 Å². The number of fused-ring (bicyclic) bond motifs is 2. The molecule has 0 bridgehead atoms. The molecule has 2 unspecified atom stereocenters. The quantitative estimate of drug-likeness (QED) is 0.140. The van der Waals surface area contributed by atoms with Crippen molar-refractivity contribution in [3.8, 4) is 22.3 Å². The molecule has 2 aliphatic carbocycles. The van der Waals surface area contributed by atoms with E-state index in [9.17, 15) is 0 Å². The van der Waals surface area contributed by atoms with E-state index in [1.165, 1.54) is 55.6 Å². The van der Waals surface area contributed by atoms with E-state index in [-0.39, 0.29) is 10.8 Å². The minimum atomic E-state index is -2.78. The predicted octanol–water partition coefficient (Wildman–Crippen LogP) is 14.1. The summed E-state index contributed by atoms with van der Waals surface area (Å²) in [5.74, 6) is -1.16. The molecule has 0 radical (unpaired) electrons. The monoisotopic (exact) mass is 885 g/mol. The third kappa shape index (κ3) is 6.64. The van der Waals surface area contributed by atoms with Gasteiger partial charge in [-0.3, -0.25) is 0 Å². The van der Waals surface area contributed by atoms with Gasteiger partial charge in [0.25, 0.3) is 0 Å². The second-order valence-electron chi connectivity index (χ2n) is 17.7. The molecule has 2 atom stereocenters. The van der Waals surface area contributed by atoms with Crippen molar-refractivity contribution in [2.75, 3.05) is 0 Å². The van der Waals surface area contributed by atoms with Crippen molar-refractivity contribution in [2.45, 2.75) is 72.8 Å². The molecule has 0 nitrogen and oxygen atoms in total. The average Bonchev–Trinajstić information content (AvgIpc) is 3.74. The van der Waals surface area contributed by atoms with Gasteiger partial charge in [0, 0.05) is 0 Å². The van der Waals surface area contributed by atoms with E-state index >= 15 is 0 Å². The fourth-order valence-electron chi connectivity index (χ4n) is 9.33. The van der Waals surface area contributed by atoms with Crippen LogP contribution in [0.4, 0.5) is 0 Å². The van der Waals surface area contributed by atoms with Gasteiger partial charge in [-0.1, -0.05) is 0 Å². The van der Waals surface area contributed by atoms with Crippen LogP contribution in [0.3, 0.4) is 0 Å². The van der Waals surface area contributed by atoms with Crippen LogP contribution in [0.2, 0.25) is 13.1 Å². The summed E-state index contributed by atoms with van der Waals surface area (Å²) in [5, 5.41) is 0. The Hall–Kier alpha value is -4.11. The minimum absolute atomic E-state index is 0.0440. The maximum atomic E-state index is 2.70. The van der Waals surface area contributed by atoms with Crippen LogP contribution in [0.1, 0.15) is 93.4 Å². The molecule has 54 heavy (non-hydrogen) atoms. The molecule has 0 aromatic heterocycles. The molecule has 0 heterocycles. The van der Waals surface area contributed by atoms with E-state index in [1.807, 2.05) is 0 Å². The summed E-state index contributed by atoms with van der Waals surface area (Å²) in [6, 6.07) is 55.6. The molecule has 269 valence electrons. The van der Waals surface area contributed by atoms with Crippen molar-refractivity contribution in [3.05, 3.63) is 190 Å². The zero-order chi connectivity index (χ0) is 37.8. The fourth-order valence-corrected chi connectivity index (χ4v) is 40.9. The summed E-state index contributed by atoms with van der Waals surface area (Å²) in [4.78, 5) is 0. The van der Waals surface area contributed by atoms with Crippen LogP contribution in [-0.4, -0.2) is 5.98 Å². The molecule has 6 aromatic carbocycles. The molecule has 0 spiro atoms. The summed E-state index contributed by atoms with van der Waals surface area (Å²) in [6.07, 6.45) is 5.26. The van der Waals surface area contributed by atoms with Crippen molar-refractivity contribution in [3.63, 3.8) is 0 Å². The zero-order valence-corrected chi connectivity index (χ0v) is 38.0. The topological polar surface area (TPSA) is 0 Å². The molecule has 0 N–H and O–H groups in total. The average molecular weight is 885 g/mol. The van der Waals surface area contributed by atoms with Crippen LogP contribution < -0.4 is 0 Å². The Kier molecular flexibility index (Phi) is 9.90. The summed E-state index contributed by atoms with van der Waals surface area (Å²) in [5.41, 5.74) is 20.4. The van der Waals surface area contributed by atoms with Gasteiger partial charge in [-0.05, 0) is 0 Å². The first-order valence-electron chi connectivity index (χ1n) is 19.8. The normalized spacial score (nSPS) is 16.5. The van der Waals surface area contributed by atoms with Crippen molar-refractivity contribution in [1.82, 2.24) is 0 Å². The van der Waals surface area contributed by atoms with Crippen LogP contribution in [0, 0.1) is 0 Å². The first-order valence-corrected chi connectivity index (χ1v) is 33.1. The van der Waals surface area contributed by atoms with Crippen LogP contribution in [0.5, 0.6) is 0 Å². The molecular formula is C52H53HfSi. The van der Waals surface area contributed by atoms with Crippen LogP contribution >= 0.6 is 0 Å². The van der Waals surface area contributed by atoms with Crippen molar-refractivity contribution in [2.24, 2.45) is 0 Å². The Bertz CT molecular complexity index is 2220. The second kappa shape index (κ2) is 14.5. The van der Waals surface area contributed by atoms with Gasteiger partial charge in [0.05, 0.1) is 0 Å². The zero-order valence-electron chi connectivity index (χ0n) is 33.2. The number of allylic oxidation sites excluding steroid dienone is 2. The Morgan fingerprint density at radius 1 is 0.407 bits per heavy atom. The van der Waals surface area contributed by atoms with Crippen molar-refractivity contribution >= 4 is 29.3 Å². The van der Waals surface area contributed by atoms with E-state index in [0.29, 0.717) is 7.35 Å². The molecule has 0 fully saturated rings. The SMILES string of the molecule is C[SiH](C)[Hf]([CH]1C(c2ccccc2)=Cc2c(-c3ccccc3C(C)(C)C)cccc21)[CH]1C(c2ccccc2)=Cc2c(-c3ccccc3C(C)(C)C)cccc21. The van der Waals surface area contributed by atoms with Gasteiger partial charge in [-0.15, -0.1) is 0 Å². The van der Waals surface area contributed by atoms with Gasteiger partial charge in [0.1, 0.15) is 0 Å². The van der Waals surface area contributed by atoms with Crippen LogP contribution in [-0.2, 0) is 31.4 Å². The Balaban J connectivity index is 1.38. The van der Waals surface area contributed by atoms with E-state index in [0.717, 1.165) is 0 Å². The molecule has 0 saturated carbocycles. The molecule has 6 aromatic rings. The van der Waals surface area contributed by atoms with Gasteiger partial charge in [-0.25, -0.2) is 0 Å². The molecule has 2 aliphatic rings. The maximum absolute atomic E-state index is 2.78. The van der Waals surface area contributed by atoms with Crippen molar-refractivity contribution < 1.29 is 20.6 Å². The van der Waals surface area contributed by atoms with Gasteiger partial charge >= 0.3 is 335 Å². The Morgan fingerprint density at radius 3 is 1.13 bits per heavy atom. The van der Waals surface area contributed by atoms with Gasteiger partial charge in [-0.2, -0.15) is 0 Å². The van der Waals surface area contributed by atoms with Gasteiger partial charge in [0.15, 0.2) is 0 Å². The van der Waals surface area contributed by atoms with E-state index in [4.69, 9.17) is 0 Å². The van der Waals surface area contributed by atoms with E-state index in [2.05, 4.69) is 212 Å². The summed E-state index contributed by atoms with van der Waals surface area (Å²) < 4.78 is 0.962. The molecule has 0 saturated heterocycles. The number of hydrogen-bond acceptors (Lipinski definition) is 0. The predicted molar refractivity (Wildman–Crippen MR) is 234 cm³/mol. The van der Waals surface area contributed by atoms with Gasteiger partial charge < -0.3 is 0 Å². The first-order chi connectivity index (χ1) is 25.9. The van der Waals surface area contributed by atoms with E-state index < -0.39 is 26.6 Å². The van der Waals surface area contributed by atoms with Crippen LogP contribution in [0.25, 0.3) is 45.6 Å². The number of benzene rings is 6. The Morgan fingerprint density at radius 2 is 0.759 bits per heavy atom. The molecule has 0 amide bonds. The molecule has 2 heteroatoms. The third-order valence-electron chi connectivity index (χ3n) is 11.7. The molecular weight excluding hydrogens is 831 g/mol. The number of hydrogen-bond donors (Lipinski definition) is 0. The van der Waals surface area contributed by atoms with Crippen molar-refractivity contribution in [1.29, 1.82) is 0 Å². The fraction of sp³-hybridized carbons (Fsp3) is 0.231. The summed E-state index contributed by atoms with van der Waals surface area (Å²) >= 11 is -2.78. The van der Waals surface area contributed by atoms with E-state index in [1.54, 1.807) is 22.3 Å². The Labute approximate surface area is 332 Å². The second-order valence-corrected chi connectivity index (χ2v) is 45.6. The standard InChI is InChI=1S/2C25H23.C2H7Si.Hf/c2*1-25(2,3)24-15-8-7-13-22(24)21-14-9-12-19-16-20(17-23(19)21)18-10-5-4-6-11-18;1-3-2;/h2*4-17H,1-3H3;3H,1-2H3;. The first kappa shape index (κ1) is 36.8. The molecule has 8 rings (SSSR count).